The Morgan fingerprint density at radius 2 is 1.48 bits per heavy atom. The highest BCUT2D eigenvalue weighted by Crippen LogP contribution is 2.36. The van der Waals surface area contributed by atoms with E-state index in [1.807, 2.05) is 13.1 Å². The van der Waals surface area contributed by atoms with Gasteiger partial charge in [0, 0.05) is 17.3 Å². The van der Waals surface area contributed by atoms with Crippen LogP contribution in [0.1, 0.15) is 18.1 Å². The topological polar surface area (TPSA) is 49.8 Å². The quantitative estimate of drug-likeness (QED) is 0.462. The van der Waals surface area contributed by atoms with E-state index in [9.17, 15) is 0 Å². The number of benzene rings is 1. The van der Waals surface area contributed by atoms with Crippen molar-refractivity contribution in [1.82, 2.24) is 4.37 Å². The van der Waals surface area contributed by atoms with Crippen molar-refractivity contribution in [3.05, 3.63) is 71.2 Å². The molecule has 144 valence electrons. The number of ether oxygens (including phenoxy) is 4. The fourth-order valence-electron chi connectivity index (χ4n) is 2.67. The van der Waals surface area contributed by atoms with Crippen molar-refractivity contribution < 1.29 is 18.9 Å². The molecule has 0 amide bonds. The second-order valence-corrected chi connectivity index (χ2v) is 6.59. The molecule has 1 aromatic carbocycles. The van der Waals surface area contributed by atoms with Crippen LogP contribution in [0, 0.1) is 6.92 Å². The van der Waals surface area contributed by atoms with E-state index in [1.165, 1.54) is 31.3 Å². The summed E-state index contributed by atoms with van der Waals surface area (Å²) < 4.78 is 26.3. The van der Waals surface area contributed by atoms with Crippen molar-refractivity contribution >= 4 is 17.1 Å². The number of hydrogen-bond acceptors (Lipinski definition) is 6. The van der Waals surface area contributed by atoms with Crippen LogP contribution in [0.25, 0.3) is 16.0 Å². The largest absolute Gasteiger partial charge is 0.493 e. The molecule has 0 saturated heterocycles. The highest BCUT2D eigenvalue weighted by atomic mass is 32.1. The summed E-state index contributed by atoms with van der Waals surface area (Å²) in [5.74, 6) is 1.65. The van der Waals surface area contributed by atoms with Crippen LogP contribution in [0.5, 0.6) is 0 Å². The molecule has 0 aliphatic heterocycles. The predicted molar refractivity (Wildman–Crippen MR) is 109 cm³/mol. The minimum Gasteiger partial charge on any atom is -0.493 e. The Labute approximate surface area is 164 Å². The Kier molecular flexibility index (Phi) is 7.07. The average Bonchev–Trinajstić information content (AvgIpc) is 3.17. The van der Waals surface area contributed by atoms with E-state index >= 15 is 0 Å². The molecule has 0 atom stereocenters. The molecule has 0 aliphatic carbocycles. The summed E-state index contributed by atoms with van der Waals surface area (Å²) in [6.07, 6.45) is 1.83. The summed E-state index contributed by atoms with van der Waals surface area (Å²) in [5, 5.41) is 0. The van der Waals surface area contributed by atoms with Gasteiger partial charge in [-0.25, -0.2) is 0 Å². The first-order valence-corrected chi connectivity index (χ1v) is 9.08. The molecule has 0 aliphatic rings. The molecular formula is C21H25NO4S. The highest BCUT2D eigenvalue weighted by Gasteiger charge is 2.23. The number of hydrogen-bond donors (Lipinski definition) is 0. The summed E-state index contributed by atoms with van der Waals surface area (Å²) in [6.45, 7) is 7.88. The summed E-state index contributed by atoms with van der Waals surface area (Å²) in [5.41, 5.74) is 4.15. The van der Waals surface area contributed by atoms with Crippen LogP contribution in [-0.4, -0.2) is 32.8 Å². The lowest BCUT2D eigenvalue weighted by Crippen LogP contribution is -2.07. The standard InChI is InChI=1S/C21H25NO4S/c1-13-8-10-16(11-9-13)21-17(12-22-27-21)14(2)18(24-5)20(26-7)19(25-6)15(3)23-4/h8-12H,3H2,1-2,4-7H3/b18-14-,20-19-. The van der Waals surface area contributed by atoms with Gasteiger partial charge in [0.05, 0.1) is 33.3 Å². The monoisotopic (exact) mass is 387 g/mol. The number of nitrogens with zero attached hydrogens (tertiary/aromatic N) is 1. The Morgan fingerprint density at radius 1 is 0.889 bits per heavy atom. The minimum absolute atomic E-state index is 0.346. The lowest BCUT2D eigenvalue weighted by molar-refractivity contribution is 0.167. The van der Waals surface area contributed by atoms with Gasteiger partial charge in [0.1, 0.15) is 0 Å². The molecular weight excluding hydrogens is 362 g/mol. The number of aromatic nitrogens is 1. The van der Waals surface area contributed by atoms with Gasteiger partial charge in [-0.15, -0.1) is 0 Å². The first kappa shape index (κ1) is 20.6. The smallest absolute Gasteiger partial charge is 0.207 e. The zero-order valence-corrected chi connectivity index (χ0v) is 17.4. The normalized spacial score (nSPS) is 12.7. The third kappa shape index (κ3) is 4.34. The van der Waals surface area contributed by atoms with Gasteiger partial charge < -0.3 is 18.9 Å². The van der Waals surface area contributed by atoms with E-state index in [-0.39, 0.29) is 0 Å². The van der Waals surface area contributed by atoms with E-state index in [4.69, 9.17) is 18.9 Å². The molecule has 1 aromatic heterocycles. The average molecular weight is 388 g/mol. The van der Waals surface area contributed by atoms with Gasteiger partial charge >= 0.3 is 0 Å². The zero-order chi connectivity index (χ0) is 20.0. The molecule has 27 heavy (non-hydrogen) atoms. The molecule has 0 unspecified atom stereocenters. The second-order valence-electron chi connectivity index (χ2n) is 5.79. The van der Waals surface area contributed by atoms with Gasteiger partial charge in [-0.05, 0) is 30.9 Å². The van der Waals surface area contributed by atoms with Crippen molar-refractivity contribution in [2.45, 2.75) is 13.8 Å². The summed E-state index contributed by atoms with van der Waals surface area (Å²) in [7, 11) is 6.20. The van der Waals surface area contributed by atoms with E-state index < -0.39 is 0 Å². The SMILES string of the molecule is C=C(OC)/C(OC)=C(OC)\C(OC)=C(/C)c1cnsc1-c1ccc(C)cc1. The molecule has 0 radical (unpaired) electrons. The molecule has 5 nitrogen and oxygen atoms in total. The Balaban J connectivity index is 2.64. The summed E-state index contributed by atoms with van der Waals surface area (Å²) >= 11 is 1.44. The van der Waals surface area contributed by atoms with Gasteiger partial charge in [0.25, 0.3) is 0 Å². The number of allylic oxidation sites excluding steroid dienone is 1. The maximum absolute atomic E-state index is 5.67. The highest BCUT2D eigenvalue weighted by molar-refractivity contribution is 7.09. The molecule has 0 saturated carbocycles. The predicted octanol–water partition coefficient (Wildman–Crippen LogP) is 5.16. The maximum Gasteiger partial charge on any atom is 0.207 e. The first-order chi connectivity index (χ1) is 13.0. The summed E-state index contributed by atoms with van der Waals surface area (Å²) in [4.78, 5) is 1.06. The molecule has 0 fully saturated rings. The Morgan fingerprint density at radius 3 is 2.00 bits per heavy atom. The third-order valence-corrected chi connectivity index (χ3v) is 5.00. The van der Waals surface area contributed by atoms with Crippen LogP contribution < -0.4 is 0 Å². The molecule has 2 aromatic rings. The third-order valence-electron chi connectivity index (χ3n) is 4.15. The lowest BCUT2D eigenvalue weighted by Gasteiger charge is -2.18. The minimum atomic E-state index is 0.346. The van der Waals surface area contributed by atoms with E-state index in [0.29, 0.717) is 23.0 Å². The van der Waals surface area contributed by atoms with Crippen LogP contribution in [0.2, 0.25) is 0 Å². The Hall–Kier alpha value is -2.73. The fourth-order valence-corrected chi connectivity index (χ4v) is 3.48. The van der Waals surface area contributed by atoms with Crippen molar-refractivity contribution in [1.29, 1.82) is 0 Å². The van der Waals surface area contributed by atoms with Crippen molar-refractivity contribution in [3.8, 4) is 10.4 Å². The first-order valence-electron chi connectivity index (χ1n) is 8.31. The number of rotatable bonds is 8. The summed E-state index contributed by atoms with van der Waals surface area (Å²) in [6, 6.07) is 8.35. The van der Waals surface area contributed by atoms with Crippen LogP contribution in [0.3, 0.4) is 0 Å². The molecule has 6 heteroatoms. The zero-order valence-electron chi connectivity index (χ0n) is 16.6. The molecule has 1 heterocycles. The maximum atomic E-state index is 5.67. The van der Waals surface area contributed by atoms with E-state index in [2.05, 4.69) is 42.1 Å². The molecule has 2 rings (SSSR count). The van der Waals surface area contributed by atoms with Crippen LogP contribution in [0.15, 0.2) is 60.1 Å². The van der Waals surface area contributed by atoms with Crippen molar-refractivity contribution in [3.63, 3.8) is 0 Å². The number of aryl methyl sites for hydroxylation is 1. The lowest BCUT2D eigenvalue weighted by atomic mass is 10.0. The van der Waals surface area contributed by atoms with Gasteiger partial charge in [0.15, 0.2) is 11.5 Å². The van der Waals surface area contributed by atoms with Gasteiger partial charge in [0.2, 0.25) is 11.5 Å². The molecule has 0 spiro atoms. The van der Waals surface area contributed by atoms with Gasteiger partial charge in [-0.2, -0.15) is 4.37 Å². The molecule has 0 N–H and O–H groups in total. The van der Waals surface area contributed by atoms with E-state index in [0.717, 1.165) is 21.6 Å². The van der Waals surface area contributed by atoms with Crippen LogP contribution >= 0.6 is 11.5 Å². The van der Waals surface area contributed by atoms with Crippen LogP contribution in [0.4, 0.5) is 0 Å². The van der Waals surface area contributed by atoms with Gasteiger partial charge in [-0.3, -0.25) is 0 Å². The van der Waals surface area contributed by atoms with Crippen molar-refractivity contribution in [2.75, 3.05) is 28.4 Å². The second kappa shape index (κ2) is 9.28. The number of methoxy groups -OCH3 is 4. The van der Waals surface area contributed by atoms with E-state index in [1.54, 1.807) is 14.2 Å². The Bertz CT molecular complexity index is 863. The molecule has 0 bridgehead atoms. The van der Waals surface area contributed by atoms with Crippen molar-refractivity contribution in [2.24, 2.45) is 0 Å². The van der Waals surface area contributed by atoms with Crippen LogP contribution in [-0.2, 0) is 18.9 Å². The fraction of sp³-hybridized carbons (Fsp3) is 0.286. The van der Waals surface area contributed by atoms with Gasteiger partial charge in [-0.1, -0.05) is 36.4 Å².